The first-order valence-electron chi connectivity index (χ1n) is 5.17. The van der Waals surface area contributed by atoms with Crippen LogP contribution in [0.2, 0.25) is 0 Å². The molecule has 0 aliphatic heterocycles. The first-order chi connectivity index (χ1) is 8.24. The van der Waals surface area contributed by atoms with Crippen LogP contribution in [0.25, 0.3) is 5.69 Å². The van der Waals surface area contributed by atoms with Crippen molar-refractivity contribution in [2.45, 2.75) is 6.54 Å². The van der Waals surface area contributed by atoms with Gasteiger partial charge in [0.25, 0.3) is 5.91 Å². The van der Waals surface area contributed by atoms with Crippen LogP contribution in [0.5, 0.6) is 0 Å². The van der Waals surface area contributed by atoms with Crippen molar-refractivity contribution in [3.8, 4) is 5.69 Å². The Balaban J connectivity index is 2.33. The van der Waals surface area contributed by atoms with Crippen LogP contribution in [-0.4, -0.2) is 27.7 Å². The lowest BCUT2D eigenvalue weighted by molar-refractivity contribution is 0.0958. The van der Waals surface area contributed by atoms with Crippen molar-refractivity contribution in [1.82, 2.24) is 20.1 Å². The predicted octanol–water partition coefficient (Wildman–Crippen LogP) is 0.0856. The lowest BCUT2D eigenvalue weighted by Gasteiger charge is -2.02. The molecule has 3 N–H and O–H groups in total. The third-order valence-corrected chi connectivity index (χ3v) is 2.32. The molecule has 0 spiro atoms. The molecule has 2 heterocycles. The number of rotatable bonds is 3. The van der Waals surface area contributed by atoms with Crippen LogP contribution in [0.1, 0.15) is 16.2 Å². The maximum Gasteiger partial charge on any atom is 0.271 e. The lowest BCUT2D eigenvalue weighted by atomic mass is 10.3. The summed E-state index contributed by atoms with van der Waals surface area (Å²) >= 11 is 0. The number of carbonyl (C=O) groups excluding carboxylic acids is 1. The van der Waals surface area contributed by atoms with E-state index in [-0.39, 0.29) is 5.91 Å². The second kappa shape index (κ2) is 4.75. The highest BCUT2D eigenvalue weighted by atomic mass is 16.1. The van der Waals surface area contributed by atoms with Gasteiger partial charge in [-0.15, -0.1) is 0 Å². The van der Waals surface area contributed by atoms with E-state index >= 15 is 0 Å². The van der Waals surface area contributed by atoms with Crippen LogP contribution >= 0.6 is 0 Å². The molecule has 88 valence electrons. The van der Waals surface area contributed by atoms with E-state index < -0.39 is 0 Å². The van der Waals surface area contributed by atoms with Gasteiger partial charge in [0, 0.05) is 26.0 Å². The number of hydrogen-bond donors (Lipinski definition) is 2. The van der Waals surface area contributed by atoms with E-state index in [0.29, 0.717) is 12.2 Å². The number of nitrogens with one attached hydrogen (secondary N) is 1. The number of nitrogens with zero attached hydrogens (tertiary/aromatic N) is 3. The fourth-order valence-corrected chi connectivity index (χ4v) is 1.44. The average Bonchev–Trinajstić information content (AvgIpc) is 2.87. The third kappa shape index (κ3) is 2.31. The van der Waals surface area contributed by atoms with Crippen molar-refractivity contribution in [3.05, 3.63) is 42.0 Å². The highest BCUT2D eigenvalue weighted by Gasteiger charge is 2.08. The molecule has 0 saturated heterocycles. The minimum absolute atomic E-state index is 0.211. The van der Waals surface area contributed by atoms with Crippen molar-refractivity contribution in [2.24, 2.45) is 5.73 Å². The van der Waals surface area contributed by atoms with Gasteiger partial charge in [0.2, 0.25) is 0 Å². The van der Waals surface area contributed by atoms with Gasteiger partial charge < -0.3 is 11.1 Å². The second-order valence-corrected chi connectivity index (χ2v) is 3.43. The van der Waals surface area contributed by atoms with E-state index in [0.717, 1.165) is 11.4 Å². The highest BCUT2D eigenvalue weighted by molar-refractivity contribution is 5.91. The van der Waals surface area contributed by atoms with Gasteiger partial charge in [0.1, 0.15) is 0 Å². The van der Waals surface area contributed by atoms with Crippen molar-refractivity contribution >= 4 is 5.91 Å². The topological polar surface area (TPSA) is 85.8 Å². The monoisotopic (exact) mass is 231 g/mol. The zero-order chi connectivity index (χ0) is 12.3. The molecule has 0 radical (unpaired) electrons. The molecular weight excluding hydrogens is 218 g/mol. The maximum atomic E-state index is 11.4. The summed E-state index contributed by atoms with van der Waals surface area (Å²) in [6.07, 6.45) is 3.39. The molecular formula is C11H13N5O. The van der Waals surface area contributed by atoms with Gasteiger partial charge in [0.15, 0.2) is 5.69 Å². The summed E-state index contributed by atoms with van der Waals surface area (Å²) in [5, 5.41) is 6.68. The Bertz CT molecular complexity index is 534. The van der Waals surface area contributed by atoms with Gasteiger partial charge in [-0.05, 0) is 18.2 Å². The molecule has 0 unspecified atom stereocenters. The Morgan fingerprint density at radius 2 is 2.35 bits per heavy atom. The molecule has 0 aliphatic rings. The number of carbonyl (C=O) groups is 1. The molecule has 0 aliphatic carbocycles. The molecule has 0 fully saturated rings. The number of amides is 1. The van der Waals surface area contributed by atoms with Crippen LogP contribution in [0.15, 0.2) is 30.6 Å². The van der Waals surface area contributed by atoms with Gasteiger partial charge in [-0.3, -0.25) is 9.78 Å². The zero-order valence-corrected chi connectivity index (χ0v) is 9.42. The number of pyridine rings is 1. The smallest absolute Gasteiger partial charge is 0.271 e. The van der Waals surface area contributed by atoms with E-state index in [1.54, 1.807) is 36.3 Å². The first kappa shape index (κ1) is 11.3. The summed E-state index contributed by atoms with van der Waals surface area (Å²) in [7, 11) is 1.57. The average molecular weight is 231 g/mol. The molecule has 2 aromatic rings. The van der Waals surface area contributed by atoms with Crippen molar-refractivity contribution in [2.75, 3.05) is 7.05 Å². The Morgan fingerprint density at radius 3 is 3.06 bits per heavy atom. The predicted molar refractivity (Wildman–Crippen MR) is 62.6 cm³/mol. The number of nitrogens with two attached hydrogens (primary N) is 1. The van der Waals surface area contributed by atoms with Gasteiger partial charge >= 0.3 is 0 Å². The van der Waals surface area contributed by atoms with Crippen molar-refractivity contribution < 1.29 is 4.79 Å². The zero-order valence-electron chi connectivity index (χ0n) is 9.42. The largest absolute Gasteiger partial charge is 0.354 e. The Hall–Kier alpha value is -2.21. The Labute approximate surface area is 98.5 Å². The lowest BCUT2D eigenvalue weighted by Crippen LogP contribution is -2.18. The molecule has 0 saturated carbocycles. The number of hydrogen-bond acceptors (Lipinski definition) is 4. The van der Waals surface area contributed by atoms with Crippen molar-refractivity contribution in [1.29, 1.82) is 0 Å². The molecule has 6 nitrogen and oxygen atoms in total. The summed E-state index contributed by atoms with van der Waals surface area (Å²) < 4.78 is 1.62. The Kier molecular flexibility index (Phi) is 3.15. The molecule has 17 heavy (non-hydrogen) atoms. The summed E-state index contributed by atoms with van der Waals surface area (Å²) in [5.41, 5.74) is 7.50. The maximum absolute atomic E-state index is 11.4. The minimum atomic E-state index is -0.211. The van der Waals surface area contributed by atoms with Crippen LogP contribution in [0.4, 0.5) is 0 Å². The minimum Gasteiger partial charge on any atom is -0.354 e. The second-order valence-electron chi connectivity index (χ2n) is 3.43. The standard InChI is InChI=1S/C11H13N5O/c1-13-11(17)10-3-5-16(15-10)9-2-4-14-8(6-9)7-12/h2-6H,7,12H2,1H3,(H,13,17). The molecule has 2 rings (SSSR count). The fourth-order valence-electron chi connectivity index (χ4n) is 1.44. The van der Waals surface area contributed by atoms with Crippen LogP contribution in [0.3, 0.4) is 0 Å². The van der Waals surface area contributed by atoms with Crippen LogP contribution < -0.4 is 11.1 Å². The normalized spacial score (nSPS) is 10.2. The van der Waals surface area contributed by atoms with E-state index in [4.69, 9.17) is 5.73 Å². The van der Waals surface area contributed by atoms with Gasteiger partial charge in [-0.2, -0.15) is 5.10 Å². The first-order valence-corrected chi connectivity index (χ1v) is 5.17. The summed E-state index contributed by atoms with van der Waals surface area (Å²) in [6.45, 7) is 0.372. The van der Waals surface area contributed by atoms with Gasteiger partial charge in [0.05, 0.1) is 11.4 Å². The van der Waals surface area contributed by atoms with E-state index in [1.807, 2.05) is 6.07 Å². The summed E-state index contributed by atoms with van der Waals surface area (Å²) in [6, 6.07) is 5.29. The molecule has 0 aromatic carbocycles. The molecule has 2 aromatic heterocycles. The highest BCUT2D eigenvalue weighted by Crippen LogP contribution is 2.08. The van der Waals surface area contributed by atoms with Crippen LogP contribution in [-0.2, 0) is 6.54 Å². The van der Waals surface area contributed by atoms with Gasteiger partial charge in [-0.1, -0.05) is 0 Å². The van der Waals surface area contributed by atoms with Crippen LogP contribution in [0, 0.1) is 0 Å². The SMILES string of the molecule is CNC(=O)c1ccn(-c2ccnc(CN)c2)n1. The molecule has 0 bridgehead atoms. The van der Waals surface area contributed by atoms with E-state index in [2.05, 4.69) is 15.4 Å². The molecule has 1 amide bonds. The summed E-state index contributed by atoms with van der Waals surface area (Å²) in [5.74, 6) is -0.211. The third-order valence-electron chi connectivity index (χ3n) is 2.32. The quantitative estimate of drug-likeness (QED) is 0.783. The number of aromatic nitrogens is 3. The van der Waals surface area contributed by atoms with E-state index in [1.165, 1.54) is 0 Å². The van der Waals surface area contributed by atoms with Crippen molar-refractivity contribution in [3.63, 3.8) is 0 Å². The van der Waals surface area contributed by atoms with E-state index in [9.17, 15) is 4.79 Å². The molecule has 0 atom stereocenters. The Morgan fingerprint density at radius 1 is 1.53 bits per heavy atom. The fraction of sp³-hybridized carbons (Fsp3) is 0.182. The summed E-state index contributed by atoms with van der Waals surface area (Å²) in [4.78, 5) is 15.5. The molecule has 6 heteroatoms. The van der Waals surface area contributed by atoms with Gasteiger partial charge in [-0.25, -0.2) is 4.68 Å².